The number of pyridine rings is 1. The molecule has 0 aliphatic carbocycles. The van der Waals surface area contributed by atoms with Crippen LogP contribution in [0, 0.1) is 0 Å². The van der Waals surface area contributed by atoms with Crippen molar-refractivity contribution in [2.75, 3.05) is 4.90 Å². The molecule has 234 valence electrons. The Morgan fingerprint density at radius 3 is 1.76 bits per heavy atom. The Morgan fingerprint density at radius 2 is 0.980 bits per heavy atom. The number of nitrogens with zero attached hydrogens (tertiary/aromatic N) is 2. The van der Waals surface area contributed by atoms with Crippen LogP contribution in [0.1, 0.15) is 0 Å². The summed E-state index contributed by atoms with van der Waals surface area (Å²) in [6.07, 6.45) is 1.91. The molecule has 0 fully saturated rings. The lowest BCUT2D eigenvalue weighted by molar-refractivity contribution is 0.654. The molecule has 10 aromatic rings. The molecule has 2 heterocycles. The topological polar surface area (TPSA) is 29.3 Å². The molecule has 3 nitrogen and oxygen atoms in total. The normalized spacial score (nSPS) is 11.6. The van der Waals surface area contributed by atoms with Crippen LogP contribution in [0.2, 0.25) is 0 Å². The molecule has 2 aromatic heterocycles. The Hall–Kier alpha value is -6.71. The van der Waals surface area contributed by atoms with Crippen molar-refractivity contribution in [3.05, 3.63) is 182 Å². The zero-order valence-corrected chi connectivity index (χ0v) is 27.1. The van der Waals surface area contributed by atoms with Crippen molar-refractivity contribution >= 4 is 71.4 Å². The van der Waals surface area contributed by atoms with E-state index in [2.05, 4.69) is 163 Å². The second-order valence-electron chi connectivity index (χ2n) is 12.8. The highest BCUT2D eigenvalue weighted by Gasteiger charge is 2.18. The summed E-state index contributed by atoms with van der Waals surface area (Å²) in [7, 11) is 0. The Morgan fingerprint density at radius 1 is 0.380 bits per heavy atom. The minimum atomic E-state index is 0.639. The number of benzene rings is 8. The molecule has 0 bridgehead atoms. The lowest BCUT2D eigenvalue weighted by Gasteiger charge is -2.25. The zero-order chi connectivity index (χ0) is 33.0. The number of aromatic nitrogens is 1. The fourth-order valence-corrected chi connectivity index (χ4v) is 7.49. The summed E-state index contributed by atoms with van der Waals surface area (Å²) in [6, 6.07) is 62.8. The molecule has 8 aromatic carbocycles. The molecule has 10 rings (SSSR count). The fraction of sp³-hybridized carbons (Fsp3) is 0. The Bertz CT molecular complexity index is 2850. The second-order valence-corrected chi connectivity index (χ2v) is 12.8. The number of anilines is 3. The first-order valence-electron chi connectivity index (χ1n) is 17.0. The van der Waals surface area contributed by atoms with Gasteiger partial charge in [0.2, 0.25) is 5.71 Å². The van der Waals surface area contributed by atoms with Gasteiger partial charge in [0.1, 0.15) is 5.58 Å². The average Bonchev–Trinajstić information content (AvgIpc) is 3.56. The number of rotatable bonds is 5. The van der Waals surface area contributed by atoms with Gasteiger partial charge in [-0.1, -0.05) is 133 Å². The van der Waals surface area contributed by atoms with E-state index in [-0.39, 0.29) is 0 Å². The summed E-state index contributed by atoms with van der Waals surface area (Å²) in [5.74, 6) is 0. The van der Waals surface area contributed by atoms with Crippen LogP contribution in [0.5, 0.6) is 0 Å². The predicted octanol–water partition coefficient (Wildman–Crippen LogP) is 13.2. The van der Waals surface area contributed by atoms with Gasteiger partial charge < -0.3 is 9.32 Å². The maximum atomic E-state index is 6.09. The van der Waals surface area contributed by atoms with Crippen LogP contribution < -0.4 is 4.90 Å². The lowest BCUT2D eigenvalue weighted by atomic mass is 9.91. The minimum absolute atomic E-state index is 0.639. The molecule has 0 unspecified atom stereocenters. The van der Waals surface area contributed by atoms with Gasteiger partial charge in [0.25, 0.3) is 0 Å². The Kier molecular flexibility index (Phi) is 6.49. The number of hydrogen-bond donors (Lipinski definition) is 0. The summed E-state index contributed by atoms with van der Waals surface area (Å²) >= 11 is 0. The molecule has 0 amide bonds. The highest BCUT2D eigenvalue weighted by atomic mass is 16.3. The van der Waals surface area contributed by atoms with Gasteiger partial charge in [-0.25, -0.2) is 4.98 Å². The molecule has 50 heavy (non-hydrogen) atoms. The third-order valence-electron chi connectivity index (χ3n) is 9.91. The molecule has 0 radical (unpaired) electrons. The van der Waals surface area contributed by atoms with Crippen LogP contribution >= 0.6 is 0 Å². The van der Waals surface area contributed by atoms with Crippen LogP contribution in [0.15, 0.2) is 187 Å². The smallest absolute Gasteiger partial charge is 0.227 e. The van der Waals surface area contributed by atoms with E-state index in [0.717, 1.165) is 33.4 Å². The van der Waals surface area contributed by atoms with E-state index in [9.17, 15) is 0 Å². The number of furan rings is 1. The molecule has 0 N–H and O–H groups in total. The monoisotopic (exact) mass is 638 g/mol. The van der Waals surface area contributed by atoms with E-state index in [1.54, 1.807) is 0 Å². The van der Waals surface area contributed by atoms with Crippen molar-refractivity contribution in [2.45, 2.75) is 0 Å². The molecule has 0 aliphatic rings. The van der Waals surface area contributed by atoms with Gasteiger partial charge >= 0.3 is 0 Å². The van der Waals surface area contributed by atoms with Gasteiger partial charge in [0.15, 0.2) is 0 Å². The van der Waals surface area contributed by atoms with Crippen LogP contribution in [0.25, 0.3) is 76.6 Å². The van der Waals surface area contributed by atoms with E-state index in [0.29, 0.717) is 5.71 Å². The minimum Gasteiger partial charge on any atom is -0.438 e. The van der Waals surface area contributed by atoms with Gasteiger partial charge in [0.05, 0.1) is 17.3 Å². The standard InChI is InChI=1S/C47H30N2O/c1-2-10-31(11-3-1)32-18-23-35(24-19-32)49(37-28-45-42-16-8-9-17-46(42)50-47(45)48-30-37)36-25-20-34(21-26-36)43-29-44-38-13-5-4-12-33(38)22-27-41(44)39-14-6-7-15-40(39)43/h1-30H. The van der Waals surface area contributed by atoms with Crippen molar-refractivity contribution in [2.24, 2.45) is 0 Å². The molecule has 3 heteroatoms. The van der Waals surface area contributed by atoms with E-state index in [4.69, 9.17) is 9.40 Å². The maximum Gasteiger partial charge on any atom is 0.227 e. The summed E-state index contributed by atoms with van der Waals surface area (Å²) in [6.45, 7) is 0. The van der Waals surface area contributed by atoms with Crippen LogP contribution in [0.3, 0.4) is 0 Å². The first kappa shape index (κ1) is 28.3. The average molecular weight is 639 g/mol. The van der Waals surface area contributed by atoms with Gasteiger partial charge in [-0.15, -0.1) is 0 Å². The van der Waals surface area contributed by atoms with Gasteiger partial charge in [-0.2, -0.15) is 0 Å². The summed E-state index contributed by atoms with van der Waals surface area (Å²) in [4.78, 5) is 7.08. The first-order valence-corrected chi connectivity index (χ1v) is 17.0. The third kappa shape index (κ3) is 4.63. The SMILES string of the molecule is c1ccc(-c2ccc(N(c3ccc(-c4cc5c6ccccc6ccc5c5ccccc45)cc3)c3cnc4oc5ccccc5c4c3)cc2)cc1. The van der Waals surface area contributed by atoms with E-state index < -0.39 is 0 Å². The van der Waals surface area contributed by atoms with Crippen molar-refractivity contribution in [3.63, 3.8) is 0 Å². The van der Waals surface area contributed by atoms with Crippen molar-refractivity contribution in [1.29, 1.82) is 0 Å². The summed E-state index contributed by atoms with van der Waals surface area (Å²) < 4.78 is 6.09. The second kappa shape index (κ2) is 11.5. The molecule has 0 saturated carbocycles. The molecule has 0 aliphatic heterocycles. The number of para-hydroxylation sites is 1. The highest BCUT2D eigenvalue weighted by Crippen LogP contribution is 2.41. The maximum absolute atomic E-state index is 6.09. The number of fused-ring (bicyclic) bond motifs is 8. The lowest BCUT2D eigenvalue weighted by Crippen LogP contribution is -2.10. The zero-order valence-electron chi connectivity index (χ0n) is 27.1. The molecule has 0 spiro atoms. The molecular formula is C47H30N2O. The van der Waals surface area contributed by atoms with Crippen LogP contribution in [-0.2, 0) is 0 Å². The predicted molar refractivity (Wildman–Crippen MR) is 210 cm³/mol. The first-order chi connectivity index (χ1) is 24.8. The largest absolute Gasteiger partial charge is 0.438 e. The molecule has 0 saturated heterocycles. The Balaban J connectivity index is 1.13. The highest BCUT2D eigenvalue weighted by molar-refractivity contribution is 6.21. The third-order valence-corrected chi connectivity index (χ3v) is 9.91. The number of hydrogen-bond acceptors (Lipinski definition) is 3. The van der Waals surface area contributed by atoms with Gasteiger partial charge in [0, 0.05) is 16.8 Å². The molecular weight excluding hydrogens is 609 g/mol. The summed E-state index contributed by atoms with van der Waals surface area (Å²) in [5.41, 5.74) is 9.31. The van der Waals surface area contributed by atoms with Crippen LogP contribution in [0.4, 0.5) is 17.1 Å². The molecule has 0 atom stereocenters. The van der Waals surface area contributed by atoms with E-state index >= 15 is 0 Å². The quantitative estimate of drug-likeness (QED) is 0.176. The van der Waals surface area contributed by atoms with Crippen LogP contribution in [-0.4, -0.2) is 4.98 Å². The van der Waals surface area contributed by atoms with Crippen molar-refractivity contribution in [1.82, 2.24) is 4.98 Å². The van der Waals surface area contributed by atoms with Crippen molar-refractivity contribution < 1.29 is 4.42 Å². The van der Waals surface area contributed by atoms with E-state index in [1.807, 2.05) is 24.4 Å². The van der Waals surface area contributed by atoms with E-state index in [1.165, 1.54) is 54.6 Å². The Labute approximate surface area is 289 Å². The van der Waals surface area contributed by atoms with Gasteiger partial charge in [-0.3, -0.25) is 0 Å². The van der Waals surface area contributed by atoms with Gasteiger partial charge in [-0.05, 0) is 97.0 Å². The van der Waals surface area contributed by atoms with Crippen molar-refractivity contribution in [3.8, 4) is 22.3 Å². The summed E-state index contributed by atoms with van der Waals surface area (Å²) in [5, 5.41) is 9.64. The fourth-order valence-electron chi connectivity index (χ4n) is 7.49.